The number of phosphoric acid groups is 1. The van der Waals surface area contributed by atoms with E-state index >= 15 is 0 Å². The van der Waals surface area contributed by atoms with Crippen LogP contribution in [0.1, 0.15) is 149 Å². The van der Waals surface area contributed by atoms with Crippen molar-refractivity contribution in [1.29, 1.82) is 0 Å². The van der Waals surface area contributed by atoms with Crippen LogP contribution in [0.4, 0.5) is 0 Å². The van der Waals surface area contributed by atoms with Crippen molar-refractivity contribution in [3.05, 3.63) is 85.1 Å². The lowest BCUT2D eigenvalue weighted by Gasteiger charge is -2.19. The molecule has 2 unspecified atom stereocenters. The van der Waals surface area contributed by atoms with E-state index in [0.717, 1.165) is 51.4 Å². The zero-order valence-electron chi connectivity index (χ0n) is 34.7. The van der Waals surface area contributed by atoms with Crippen molar-refractivity contribution in [1.82, 2.24) is 0 Å². The summed E-state index contributed by atoms with van der Waals surface area (Å²) in [6, 6.07) is 0. The molecule has 0 saturated carbocycles. The normalized spacial score (nSPS) is 14.7. The van der Waals surface area contributed by atoms with Crippen LogP contribution >= 0.6 is 7.82 Å². The predicted molar refractivity (Wildman–Crippen MR) is 230 cm³/mol. The Labute approximate surface area is 339 Å². The van der Waals surface area contributed by atoms with Crippen molar-refractivity contribution in [2.75, 3.05) is 26.4 Å². The van der Waals surface area contributed by atoms with Crippen LogP contribution < -0.4 is 5.73 Å². The Bertz CT molecular complexity index is 1210. The van der Waals surface area contributed by atoms with E-state index in [1.807, 2.05) is 48.6 Å². The molecule has 0 aliphatic rings. The number of hydrogen-bond acceptors (Lipinski definition) is 9. The second kappa shape index (κ2) is 40.4. The van der Waals surface area contributed by atoms with Gasteiger partial charge in [0.2, 0.25) is 0 Å². The summed E-state index contributed by atoms with van der Waals surface area (Å²) >= 11 is 0. The maximum absolute atomic E-state index is 12.5. The molecule has 0 bridgehead atoms. The summed E-state index contributed by atoms with van der Waals surface area (Å²) in [6.45, 7) is 3.41. The SMILES string of the molecule is CC/C=C\C/C=C\CC(O)/C=C/C=C\C/C=C\C/C=C\CCC(=O)O[C@H](COC(=O)CCCCCCC/C=C\CCCCCCCC)COP(=O)(O)OCCN. The molecular weight excluding hydrogens is 729 g/mol. The van der Waals surface area contributed by atoms with E-state index in [9.17, 15) is 24.2 Å². The van der Waals surface area contributed by atoms with Crippen LogP contribution in [-0.4, -0.2) is 60.5 Å². The van der Waals surface area contributed by atoms with Gasteiger partial charge >= 0.3 is 19.8 Å². The van der Waals surface area contributed by atoms with Gasteiger partial charge in [-0.3, -0.25) is 18.6 Å². The third-order valence-electron chi connectivity index (χ3n) is 8.36. The first kappa shape index (κ1) is 53.1. The van der Waals surface area contributed by atoms with E-state index in [1.165, 1.54) is 44.9 Å². The lowest BCUT2D eigenvalue weighted by atomic mass is 10.1. The number of allylic oxidation sites excluding steroid dienone is 12. The van der Waals surface area contributed by atoms with E-state index in [-0.39, 0.29) is 32.6 Å². The first-order valence-electron chi connectivity index (χ1n) is 21.2. The van der Waals surface area contributed by atoms with Crippen molar-refractivity contribution in [3.63, 3.8) is 0 Å². The molecular formula is C45H76NO9P. The van der Waals surface area contributed by atoms with Crippen LogP contribution in [0.15, 0.2) is 85.1 Å². The van der Waals surface area contributed by atoms with Gasteiger partial charge in [0.05, 0.1) is 19.3 Å². The number of rotatable bonds is 38. The quantitative estimate of drug-likeness (QED) is 0.0180. The number of carbonyl (C=O) groups is 2. The molecule has 0 fully saturated rings. The van der Waals surface area contributed by atoms with Gasteiger partial charge in [-0.25, -0.2) is 4.57 Å². The number of carbonyl (C=O) groups excluding carboxylic acids is 2. The van der Waals surface area contributed by atoms with E-state index in [0.29, 0.717) is 25.7 Å². The number of aliphatic hydroxyl groups is 1. The number of aliphatic hydroxyl groups excluding tert-OH is 1. The minimum Gasteiger partial charge on any atom is -0.462 e. The summed E-state index contributed by atoms with van der Waals surface area (Å²) in [5.74, 6) is -0.974. The molecule has 10 nitrogen and oxygen atoms in total. The molecule has 0 aliphatic carbocycles. The Hall–Kier alpha value is -2.85. The number of unbranched alkanes of at least 4 members (excludes halogenated alkanes) is 11. The van der Waals surface area contributed by atoms with Crippen LogP contribution in [0.2, 0.25) is 0 Å². The molecule has 0 aromatic rings. The van der Waals surface area contributed by atoms with Crippen LogP contribution in [-0.2, 0) is 32.7 Å². The van der Waals surface area contributed by atoms with Crippen molar-refractivity contribution in [3.8, 4) is 0 Å². The third-order valence-corrected chi connectivity index (χ3v) is 9.34. The highest BCUT2D eigenvalue weighted by molar-refractivity contribution is 7.47. The van der Waals surface area contributed by atoms with Gasteiger partial charge in [-0.05, 0) is 70.6 Å². The Balaban J connectivity index is 4.40. The Morgan fingerprint density at radius 1 is 0.643 bits per heavy atom. The third kappa shape index (κ3) is 39.4. The van der Waals surface area contributed by atoms with Crippen LogP contribution in [0.5, 0.6) is 0 Å². The van der Waals surface area contributed by atoms with Crippen molar-refractivity contribution < 1.29 is 42.7 Å². The summed E-state index contributed by atoms with van der Waals surface area (Å²) in [7, 11) is -4.42. The number of esters is 2. The number of nitrogens with two attached hydrogens (primary N) is 1. The predicted octanol–water partition coefficient (Wildman–Crippen LogP) is 11.0. The fourth-order valence-electron chi connectivity index (χ4n) is 5.21. The van der Waals surface area contributed by atoms with Gasteiger partial charge in [0.15, 0.2) is 6.10 Å². The molecule has 0 aromatic carbocycles. The Kier molecular flexibility index (Phi) is 38.3. The van der Waals surface area contributed by atoms with E-state index < -0.39 is 38.6 Å². The molecule has 0 saturated heterocycles. The highest BCUT2D eigenvalue weighted by atomic mass is 31.2. The minimum absolute atomic E-state index is 0.0282. The van der Waals surface area contributed by atoms with Gasteiger partial charge in [0.1, 0.15) is 6.61 Å². The Morgan fingerprint density at radius 2 is 1.23 bits per heavy atom. The number of phosphoric ester groups is 1. The summed E-state index contributed by atoms with van der Waals surface area (Å²) in [5, 5.41) is 9.99. The standard InChI is InChI=1S/C45H76NO9P/c1-3-5-7-9-11-12-13-14-15-16-17-21-24-28-32-36-44(48)52-40-43(41-54-56(50,51)53-39-38-46)55-45(49)37-33-29-25-22-19-18-20-23-27-31-35-42(47)34-30-26-10-8-6-4-2/h6,8,14-15,18-19,23,25-27,29-31,35,42-43,47H,3-5,7,9-13,16-17,20-22,24,28,32-34,36-41,46H2,1-2H3,(H,50,51)/b8-6-,15-14-,19-18-,27-23-,29-25-,30-26-,35-31+/t42?,43-/m1/s1. The number of ether oxygens (including phenoxy) is 2. The van der Waals surface area contributed by atoms with Crippen LogP contribution in [0.3, 0.4) is 0 Å². The molecule has 0 spiro atoms. The molecule has 0 heterocycles. The van der Waals surface area contributed by atoms with Gasteiger partial charge in [0.25, 0.3) is 0 Å². The molecule has 4 N–H and O–H groups in total. The topological polar surface area (TPSA) is 155 Å². The molecule has 56 heavy (non-hydrogen) atoms. The molecule has 0 amide bonds. The van der Waals surface area contributed by atoms with Crippen molar-refractivity contribution in [2.45, 2.75) is 161 Å². The van der Waals surface area contributed by atoms with E-state index in [1.54, 1.807) is 6.08 Å². The van der Waals surface area contributed by atoms with Gasteiger partial charge < -0.3 is 25.2 Å². The maximum atomic E-state index is 12.5. The van der Waals surface area contributed by atoms with Gasteiger partial charge in [-0.1, -0.05) is 150 Å². The molecule has 11 heteroatoms. The zero-order chi connectivity index (χ0) is 41.2. The van der Waals surface area contributed by atoms with Crippen molar-refractivity contribution in [2.24, 2.45) is 5.73 Å². The highest BCUT2D eigenvalue weighted by Gasteiger charge is 2.25. The number of hydrogen-bond donors (Lipinski definition) is 3. The zero-order valence-corrected chi connectivity index (χ0v) is 35.6. The van der Waals surface area contributed by atoms with Crippen LogP contribution in [0, 0.1) is 0 Å². The fraction of sp³-hybridized carbons (Fsp3) is 0.644. The maximum Gasteiger partial charge on any atom is 0.472 e. The molecule has 0 radical (unpaired) electrons. The average Bonchev–Trinajstić information content (AvgIpc) is 3.18. The second-order valence-electron chi connectivity index (χ2n) is 13.7. The van der Waals surface area contributed by atoms with Gasteiger partial charge in [-0.15, -0.1) is 0 Å². The second-order valence-corrected chi connectivity index (χ2v) is 15.1. The molecule has 3 atom stereocenters. The molecule has 0 aromatic heterocycles. The smallest absolute Gasteiger partial charge is 0.462 e. The first-order chi connectivity index (χ1) is 27.2. The first-order valence-corrected chi connectivity index (χ1v) is 22.7. The highest BCUT2D eigenvalue weighted by Crippen LogP contribution is 2.43. The summed E-state index contributed by atoms with van der Waals surface area (Å²) in [4.78, 5) is 34.8. The van der Waals surface area contributed by atoms with Crippen LogP contribution in [0.25, 0.3) is 0 Å². The minimum atomic E-state index is -4.42. The molecule has 0 rings (SSSR count). The van der Waals surface area contributed by atoms with E-state index in [4.69, 9.17) is 24.3 Å². The van der Waals surface area contributed by atoms with E-state index in [2.05, 4.69) is 44.2 Å². The van der Waals surface area contributed by atoms with Gasteiger partial charge in [-0.2, -0.15) is 0 Å². The molecule has 0 aliphatic heterocycles. The lowest BCUT2D eigenvalue weighted by molar-refractivity contribution is -0.161. The van der Waals surface area contributed by atoms with Gasteiger partial charge in [0, 0.05) is 19.4 Å². The lowest BCUT2D eigenvalue weighted by Crippen LogP contribution is -2.29. The average molecular weight is 806 g/mol. The summed E-state index contributed by atoms with van der Waals surface area (Å²) in [5.41, 5.74) is 5.33. The monoisotopic (exact) mass is 806 g/mol. The largest absolute Gasteiger partial charge is 0.472 e. The fourth-order valence-corrected chi connectivity index (χ4v) is 5.97. The van der Waals surface area contributed by atoms with Crippen molar-refractivity contribution >= 4 is 19.8 Å². The molecule has 320 valence electrons. The summed E-state index contributed by atoms with van der Waals surface area (Å²) < 4.78 is 32.6. The summed E-state index contributed by atoms with van der Waals surface area (Å²) in [6.07, 6.45) is 46.5. The Morgan fingerprint density at radius 3 is 1.91 bits per heavy atom.